The predicted molar refractivity (Wildman–Crippen MR) is 70.0 cm³/mol. The van der Waals surface area contributed by atoms with Gasteiger partial charge in [-0.2, -0.15) is 0 Å². The maximum atomic E-state index is 13.6. The van der Waals surface area contributed by atoms with Crippen LogP contribution in [0.2, 0.25) is 0 Å². The highest BCUT2D eigenvalue weighted by Gasteiger charge is 2.31. The summed E-state index contributed by atoms with van der Waals surface area (Å²) >= 11 is 0. The standard InChI is InChI=1S/C14H17FN4/c1-19-9-17-18-14(19)8-16-11-6-10(7-11)12-4-2-3-5-13(12)15/h2-5,9-11,16H,6-8H2,1H3. The Morgan fingerprint density at radius 1 is 1.37 bits per heavy atom. The summed E-state index contributed by atoms with van der Waals surface area (Å²) in [4.78, 5) is 0. The van der Waals surface area contributed by atoms with Gasteiger partial charge in [0.05, 0.1) is 6.54 Å². The van der Waals surface area contributed by atoms with Gasteiger partial charge < -0.3 is 9.88 Å². The van der Waals surface area contributed by atoms with Crippen LogP contribution in [0.15, 0.2) is 30.6 Å². The number of nitrogens with one attached hydrogen (secondary N) is 1. The zero-order valence-corrected chi connectivity index (χ0v) is 10.9. The van der Waals surface area contributed by atoms with Crippen LogP contribution in [0.3, 0.4) is 0 Å². The van der Waals surface area contributed by atoms with Crippen molar-refractivity contribution >= 4 is 0 Å². The molecule has 1 fully saturated rings. The molecule has 4 nitrogen and oxygen atoms in total. The molecule has 19 heavy (non-hydrogen) atoms. The highest BCUT2D eigenvalue weighted by atomic mass is 19.1. The van der Waals surface area contributed by atoms with Crippen LogP contribution in [-0.2, 0) is 13.6 Å². The molecule has 0 saturated heterocycles. The van der Waals surface area contributed by atoms with Gasteiger partial charge in [0.1, 0.15) is 18.0 Å². The monoisotopic (exact) mass is 260 g/mol. The van der Waals surface area contributed by atoms with Gasteiger partial charge in [0.15, 0.2) is 0 Å². The fourth-order valence-electron chi connectivity index (χ4n) is 2.55. The molecule has 0 radical (unpaired) electrons. The van der Waals surface area contributed by atoms with Crippen LogP contribution in [-0.4, -0.2) is 20.8 Å². The van der Waals surface area contributed by atoms with E-state index in [1.165, 1.54) is 6.07 Å². The molecule has 0 amide bonds. The molecule has 1 aromatic heterocycles. The molecule has 1 aliphatic carbocycles. The van der Waals surface area contributed by atoms with Crippen molar-refractivity contribution < 1.29 is 4.39 Å². The van der Waals surface area contributed by atoms with Gasteiger partial charge in [0.25, 0.3) is 0 Å². The summed E-state index contributed by atoms with van der Waals surface area (Å²) in [5.41, 5.74) is 0.846. The van der Waals surface area contributed by atoms with E-state index in [1.54, 1.807) is 12.4 Å². The van der Waals surface area contributed by atoms with Crippen molar-refractivity contribution in [3.63, 3.8) is 0 Å². The first-order chi connectivity index (χ1) is 9.24. The molecule has 0 aliphatic heterocycles. The second-order valence-electron chi connectivity index (χ2n) is 5.13. The molecule has 0 spiro atoms. The van der Waals surface area contributed by atoms with Crippen molar-refractivity contribution in [2.24, 2.45) is 7.05 Å². The summed E-state index contributed by atoms with van der Waals surface area (Å²) in [5, 5.41) is 11.3. The average molecular weight is 260 g/mol. The quantitative estimate of drug-likeness (QED) is 0.914. The SMILES string of the molecule is Cn1cnnc1CNC1CC(c2ccccc2F)C1. The maximum Gasteiger partial charge on any atom is 0.146 e. The Kier molecular flexibility index (Phi) is 3.29. The van der Waals surface area contributed by atoms with E-state index in [0.717, 1.165) is 24.2 Å². The van der Waals surface area contributed by atoms with E-state index in [4.69, 9.17) is 0 Å². The fourth-order valence-corrected chi connectivity index (χ4v) is 2.55. The van der Waals surface area contributed by atoms with Gasteiger partial charge >= 0.3 is 0 Å². The zero-order valence-electron chi connectivity index (χ0n) is 10.9. The summed E-state index contributed by atoms with van der Waals surface area (Å²) in [5.74, 6) is 1.19. The molecule has 5 heteroatoms. The second-order valence-corrected chi connectivity index (χ2v) is 5.13. The lowest BCUT2D eigenvalue weighted by molar-refractivity contribution is 0.281. The molecular weight excluding hydrogens is 243 g/mol. The summed E-state index contributed by atoms with van der Waals surface area (Å²) in [6.45, 7) is 0.713. The van der Waals surface area contributed by atoms with Gasteiger partial charge in [0.2, 0.25) is 0 Å². The molecule has 0 unspecified atom stereocenters. The van der Waals surface area contributed by atoms with Crippen LogP contribution in [0, 0.1) is 5.82 Å². The molecule has 0 atom stereocenters. The van der Waals surface area contributed by atoms with E-state index in [-0.39, 0.29) is 5.82 Å². The Labute approximate surface area is 111 Å². The predicted octanol–water partition coefficient (Wildman–Crippen LogP) is 1.99. The minimum absolute atomic E-state index is 0.0840. The third-order valence-corrected chi connectivity index (χ3v) is 3.84. The van der Waals surface area contributed by atoms with Crippen molar-refractivity contribution in [1.29, 1.82) is 0 Å². The van der Waals surface area contributed by atoms with E-state index in [2.05, 4.69) is 15.5 Å². The molecule has 1 aromatic carbocycles. The molecule has 0 bridgehead atoms. The minimum Gasteiger partial charge on any atom is -0.320 e. The molecule has 1 heterocycles. The van der Waals surface area contributed by atoms with Crippen molar-refractivity contribution in [3.05, 3.63) is 47.8 Å². The summed E-state index contributed by atoms with van der Waals surface area (Å²) in [7, 11) is 1.93. The maximum absolute atomic E-state index is 13.6. The van der Waals surface area contributed by atoms with Gasteiger partial charge in [-0.3, -0.25) is 0 Å². The zero-order chi connectivity index (χ0) is 13.2. The molecule has 1 aliphatic rings. The molecule has 100 valence electrons. The van der Waals surface area contributed by atoms with Crippen molar-refractivity contribution in [2.75, 3.05) is 0 Å². The highest BCUT2D eigenvalue weighted by Crippen LogP contribution is 2.37. The lowest BCUT2D eigenvalue weighted by atomic mass is 9.75. The van der Waals surface area contributed by atoms with E-state index in [0.29, 0.717) is 18.5 Å². The normalized spacial score (nSPS) is 22.2. The van der Waals surface area contributed by atoms with Crippen LogP contribution in [0.4, 0.5) is 4.39 Å². The molecule has 2 aromatic rings. The van der Waals surface area contributed by atoms with Gasteiger partial charge in [-0.1, -0.05) is 18.2 Å². The van der Waals surface area contributed by atoms with Crippen LogP contribution < -0.4 is 5.32 Å². The van der Waals surface area contributed by atoms with Gasteiger partial charge in [-0.25, -0.2) is 4.39 Å². The lowest BCUT2D eigenvalue weighted by Crippen LogP contribution is -2.40. The van der Waals surface area contributed by atoms with Crippen LogP contribution in [0.25, 0.3) is 0 Å². The third kappa shape index (κ3) is 2.51. The van der Waals surface area contributed by atoms with Crippen molar-refractivity contribution in [3.8, 4) is 0 Å². The second kappa shape index (κ2) is 5.09. The topological polar surface area (TPSA) is 42.7 Å². The van der Waals surface area contributed by atoms with Gasteiger partial charge in [-0.05, 0) is 30.4 Å². The minimum atomic E-state index is -0.0840. The molecule has 1 N–H and O–H groups in total. The van der Waals surface area contributed by atoms with E-state index in [9.17, 15) is 4.39 Å². The van der Waals surface area contributed by atoms with E-state index >= 15 is 0 Å². The van der Waals surface area contributed by atoms with E-state index < -0.39 is 0 Å². The Morgan fingerprint density at radius 3 is 2.84 bits per heavy atom. The molecule has 3 rings (SSSR count). The first-order valence-corrected chi connectivity index (χ1v) is 6.54. The van der Waals surface area contributed by atoms with Crippen molar-refractivity contribution in [2.45, 2.75) is 31.3 Å². The number of aryl methyl sites for hydroxylation is 1. The molecule has 1 saturated carbocycles. The third-order valence-electron chi connectivity index (χ3n) is 3.84. The summed E-state index contributed by atoms with van der Waals surface area (Å²) in [6, 6.07) is 7.51. The fraction of sp³-hybridized carbons (Fsp3) is 0.429. The van der Waals surface area contributed by atoms with Crippen LogP contribution >= 0.6 is 0 Å². The van der Waals surface area contributed by atoms with Gasteiger partial charge in [-0.15, -0.1) is 10.2 Å². The summed E-state index contributed by atoms with van der Waals surface area (Å²) < 4.78 is 15.5. The number of benzene rings is 1. The Morgan fingerprint density at radius 2 is 2.16 bits per heavy atom. The number of hydrogen-bond acceptors (Lipinski definition) is 3. The Hall–Kier alpha value is -1.75. The smallest absolute Gasteiger partial charge is 0.146 e. The van der Waals surface area contributed by atoms with Gasteiger partial charge in [0, 0.05) is 13.1 Å². The van der Waals surface area contributed by atoms with E-state index in [1.807, 2.05) is 23.7 Å². The van der Waals surface area contributed by atoms with Crippen LogP contribution in [0.1, 0.15) is 30.1 Å². The van der Waals surface area contributed by atoms with Crippen LogP contribution in [0.5, 0.6) is 0 Å². The number of hydrogen-bond donors (Lipinski definition) is 1. The average Bonchev–Trinajstić information content (AvgIpc) is 2.75. The largest absolute Gasteiger partial charge is 0.320 e. The summed E-state index contributed by atoms with van der Waals surface area (Å²) in [6.07, 6.45) is 3.66. The number of halogens is 1. The lowest BCUT2D eigenvalue weighted by Gasteiger charge is -2.36. The number of nitrogens with zero attached hydrogens (tertiary/aromatic N) is 3. The highest BCUT2D eigenvalue weighted by molar-refractivity contribution is 5.24. The van der Waals surface area contributed by atoms with Crippen molar-refractivity contribution in [1.82, 2.24) is 20.1 Å². The first-order valence-electron chi connectivity index (χ1n) is 6.54. The first kappa shape index (κ1) is 12.3. The number of aromatic nitrogens is 3. The number of rotatable bonds is 4. The Bertz CT molecular complexity index is 560. The Balaban J connectivity index is 1.51. The molecular formula is C14H17FN4.